The molecule has 1 aliphatic heterocycles. The number of carbonyl (C=O) groups excluding carboxylic acids is 1. The molecule has 1 heterocycles. The highest BCUT2D eigenvalue weighted by atomic mass is 28.4. The van der Waals surface area contributed by atoms with Crippen molar-refractivity contribution < 1.29 is 23.7 Å². The maximum Gasteiger partial charge on any atom is 0.324 e. The number of nitrogens with one attached hydrogen (secondary N) is 1. The van der Waals surface area contributed by atoms with Crippen molar-refractivity contribution in [1.82, 2.24) is 0 Å². The molecular formula is C21H35NO5Si. The second kappa shape index (κ2) is 8.14. The molecule has 2 rings (SSSR count). The summed E-state index contributed by atoms with van der Waals surface area (Å²) in [7, 11) is -2.19. The molecule has 0 bridgehead atoms. The van der Waals surface area contributed by atoms with Crippen molar-refractivity contribution in [3.8, 4) is 0 Å². The monoisotopic (exact) mass is 409 g/mol. The molecule has 1 aromatic carbocycles. The minimum Gasteiger partial charge on any atom is -0.516 e. The molecule has 1 N–H and O–H groups in total. The molecule has 1 aromatic rings. The van der Waals surface area contributed by atoms with Crippen molar-refractivity contribution in [3.63, 3.8) is 0 Å². The maximum absolute atomic E-state index is 12.7. The summed E-state index contributed by atoms with van der Waals surface area (Å²) in [6.07, 6.45) is -0.891. The van der Waals surface area contributed by atoms with Crippen molar-refractivity contribution in [3.05, 3.63) is 29.8 Å². The molecule has 1 aliphatic rings. The zero-order valence-electron chi connectivity index (χ0n) is 18.6. The van der Waals surface area contributed by atoms with Crippen molar-refractivity contribution in [1.29, 1.82) is 0 Å². The smallest absolute Gasteiger partial charge is 0.324 e. The van der Waals surface area contributed by atoms with Crippen LogP contribution in [0.4, 0.5) is 5.69 Å². The third kappa shape index (κ3) is 5.35. The van der Waals surface area contributed by atoms with Gasteiger partial charge in [-0.1, -0.05) is 40.7 Å². The van der Waals surface area contributed by atoms with Crippen LogP contribution >= 0.6 is 0 Å². The van der Waals surface area contributed by atoms with Crippen LogP contribution < -0.4 is 5.32 Å². The van der Waals surface area contributed by atoms with Gasteiger partial charge in [0.05, 0.1) is 5.56 Å². The Labute approximate surface area is 169 Å². The number of hydrogen-bond donors (Lipinski definition) is 1. The first-order chi connectivity index (χ1) is 12.7. The van der Waals surface area contributed by atoms with E-state index in [-0.39, 0.29) is 16.9 Å². The highest BCUT2D eigenvalue weighted by Gasteiger charge is 2.42. The maximum atomic E-state index is 12.7. The molecule has 2 atom stereocenters. The lowest BCUT2D eigenvalue weighted by molar-refractivity contribution is -0.485. The molecule has 0 saturated carbocycles. The Morgan fingerprint density at radius 2 is 1.89 bits per heavy atom. The van der Waals surface area contributed by atoms with Crippen molar-refractivity contribution in [2.45, 2.75) is 84.7 Å². The molecule has 7 heteroatoms. The number of hydrogen-bond acceptors (Lipinski definition) is 6. The van der Waals surface area contributed by atoms with Gasteiger partial charge in [-0.25, -0.2) is 14.6 Å². The minimum absolute atomic E-state index is 0.0400. The lowest BCUT2D eigenvalue weighted by Gasteiger charge is -2.42. The van der Waals surface area contributed by atoms with E-state index in [4.69, 9.17) is 18.9 Å². The number of ether oxygens (including phenoxy) is 1. The first kappa shape index (κ1) is 22.9. The van der Waals surface area contributed by atoms with E-state index < -0.39 is 26.4 Å². The van der Waals surface area contributed by atoms with Crippen LogP contribution in [0.15, 0.2) is 24.3 Å². The molecule has 1 saturated heterocycles. The fourth-order valence-electron chi connectivity index (χ4n) is 2.34. The Morgan fingerprint density at radius 3 is 2.46 bits per heavy atom. The molecule has 0 aliphatic carbocycles. The Morgan fingerprint density at radius 1 is 1.25 bits per heavy atom. The Balaban J connectivity index is 2.15. The summed E-state index contributed by atoms with van der Waals surface area (Å²) < 4.78 is 11.9. The van der Waals surface area contributed by atoms with Crippen LogP contribution in [0.3, 0.4) is 0 Å². The second-order valence-electron chi connectivity index (χ2n) is 9.79. The summed E-state index contributed by atoms with van der Waals surface area (Å²) in [6.45, 7) is 18.2. The van der Waals surface area contributed by atoms with Crippen LogP contribution in [0.2, 0.25) is 18.1 Å². The largest absolute Gasteiger partial charge is 0.516 e. The number of benzene rings is 1. The van der Waals surface area contributed by atoms with Gasteiger partial charge in [-0.2, -0.15) is 0 Å². The number of rotatable bonds is 5. The summed E-state index contributed by atoms with van der Waals surface area (Å²) in [6, 6.07) is 7.28. The third-order valence-electron chi connectivity index (χ3n) is 5.35. The van der Waals surface area contributed by atoms with Gasteiger partial charge in [-0.15, -0.1) is 0 Å². The van der Waals surface area contributed by atoms with Gasteiger partial charge in [0, 0.05) is 11.6 Å². The Kier molecular flexibility index (Phi) is 6.65. The van der Waals surface area contributed by atoms with E-state index >= 15 is 0 Å². The van der Waals surface area contributed by atoms with E-state index in [2.05, 4.69) is 39.2 Å². The van der Waals surface area contributed by atoms with Gasteiger partial charge in [0.2, 0.25) is 0 Å². The molecular weight excluding hydrogens is 374 g/mol. The summed E-state index contributed by atoms with van der Waals surface area (Å²) in [5, 5.41) is 3.28. The van der Waals surface area contributed by atoms with Gasteiger partial charge in [0.1, 0.15) is 5.60 Å². The van der Waals surface area contributed by atoms with Gasteiger partial charge in [0.15, 0.2) is 12.5 Å². The number of anilines is 1. The average Bonchev–Trinajstić information content (AvgIpc) is 2.55. The molecule has 158 valence electrons. The van der Waals surface area contributed by atoms with Gasteiger partial charge >= 0.3 is 5.97 Å². The zero-order chi connectivity index (χ0) is 21.3. The molecule has 2 unspecified atom stereocenters. The first-order valence-corrected chi connectivity index (χ1v) is 12.7. The van der Waals surface area contributed by atoms with Crippen LogP contribution in [0.5, 0.6) is 0 Å². The second-order valence-corrected chi connectivity index (χ2v) is 14.5. The van der Waals surface area contributed by atoms with Crippen LogP contribution in [0, 0.1) is 5.92 Å². The zero-order valence-corrected chi connectivity index (χ0v) is 19.6. The van der Waals surface area contributed by atoms with Crippen LogP contribution in [-0.2, 0) is 18.9 Å². The van der Waals surface area contributed by atoms with Gasteiger partial charge in [0.25, 0.3) is 8.32 Å². The molecule has 28 heavy (non-hydrogen) atoms. The van der Waals surface area contributed by atoms with Crippen molar-refractivity contribution in [2.75, 3.05) is 5.32 Å². The van der Waals surface area contributed by atoms with E-state index in [0.717, 1.165) is 5.69 Å². The van der Waals surface area contributed by atoms with Crippen molar-refractivity contribution >= 4 is 20.0 Å². The third-order valence-corrected chi connectivity index (χ3v) is 9.66. The Hall–Kier alpha value is -1.41. The van der Waals surface area contributed by atoms with Gasteiger partial charge < -0.3 is 14.5 Å². The van der Waals surface area contributed by atoms with Crippen LogP contribution in [0.25, 0.3) is 0 Å². The SMILES string of the molecule is CC(C)C1OOC(C)(C)C(Nc2cccc(C(=O)O[Si](C)(C)C(C)(C)C)c2)O1. The van der Waals surface area contributed by atoms with E-state index in [1.54, 1.807) is 12.1 Å². The number of carbonyl (C=O) groups is 1. The van der Waals surface area contributed by atoms with E-state index in [1.165, 1.54) is 0 Å². The Bertz CT molecular complexity index is 696. The predicted molar refractivity (Wildman–Crippen MR) is 112 cm³/mol. The summed E-state index contributed by atoms with van der Waals surface area (Å²) in [5.41, 5.74) is 0.583. The fourth-order valence-corrected chi connectivity index (χ4v) is 3.23. The molecule has 0 aromatic heterocycles. The molecule has 0 spiro atoms. The summed E-state index contributed by atoms with van der Waals surface area (Å²) in [5.74, 6) is -0.148. The lowest BCUT2D eigenvalue weighted by atomic mass is 10.1. The lowest BCUT2D eigenvalue weighted by Crippen LogP contribution is -2.54. The summed E-state index contributed by atoms with van der Waals surface area (Å²) in [4.78, 5) is 23.6. The van der Waals surface area contributed by atoms with E-state index in [0.29, 0.717) is 5.56 Å². The van der Waals surface area contributed by atoms with Crippen LogP contribution in [-0.4, -0.2) is 32.4 Å². The molecule has 0 amide bonds. The normalized spacial score (nSPS) is 22.8. The van der Waals surface area contributed by atoms with Crippen LogP contribution in [0.1, 0.15) is 58.8 Å². The molecule has 6 nitrogen and oxygen atoms in total. The average molecular weight is 410 g/mol. The van der Waals surface area contributed by atoms with Gasteiger partial charge in [-0.3, -0.25) is 0 Å². The highest BCUT2D eigenvalue weighted by Crippen LogP contribution is 2.37. The fraction of sp³-hybridized carbons (Fsp3) is 0.667. The van der Waals surface area contributed by atoms with Gasteiger partial charge in [-0.05, 0) is 50.2 Å². The standard InChI is InChI=1S/C21H35NO5Si/c1-14(2)18-24-19(21(6,7)27-25-18)22-16-12-10-11-15(13-16)17(23)26-28(8,9)20(3,4)5/h10-14,18-19,22H,1-9H3. The van der Waals surface area contributed by atoms with E-state index in [9.17, 15) is 4.79 Å². The summed E-state index contributed by atoms with van der Waals surface area (Å²) >= 11 is 0. The highest BCUT2D eigenvalue weighted by molar-refractivity contribution is 6.75. The topological polar surface area (TPSA) is 66.0 Å². The quantitative estimate of drug-likeness (QED) is 0.524. The molecule has 1 fully saturated rings. The van der Waals surface area contributed by atoms with Crippen molar-refractivity contribution in [2.24, 2.45) is 5.92 Å². The first-order valence-electron chi connectivity index (χ1n) is 9.83. The predicted octanol–water partition coefficient (Wildman–Crippen LogP) is 5.33. The molecule has 0 radical (unpaired) electrons. The minimum atomic E-state index is -2.19. The van der Waals surface area contributed by atoms with E-state index in [1.807, 2.05) is 39.8 Å².